The molecule has 4 N–H and O–H groups in total. The molecular formula is C29H34N4O8. The van der Waals surface area contributed by atoms with E-state index in [1.807, 2.05) is 0 Å². The molecule has 1 aliphatic heterocycles. The van der Waals surface area contributed by atoms with Crippen molar-refractivity contribution in [1.82, 2.24) is 16.1 Å². The minimum absolute atomic E-state index is 0.0344. The Morgan fingerprint density at radius 3 is 2.59 bits per heavy atom. The van der Waals surface area contributed by atoms with Crippen LogP contribution in [0.4, 0.5) is 4.79 Å². The molecule has 0 spiro atoms. The SMILES string of the molecule is C=CCc1cc(/C=N\NC(=O)COc2ccc([C@H]3NC(=O)NC(C)=C3C(=O)OCC)cc2OC)cc(OCC)c1O. The van der Waals surface area contributed by atoms with Gasteiger partial charge < -0.3 is 34.7 Å². The van der Waals surface area contributed by atoms with Crippen LogP contribution in [0.5, 0.6) is 23.0 Å². The van der Waals surface area contributed by atoms with Gasteiger partial charge in [0.1, 0.15) is 0 Å². The number of ether oxygens (including phenoxy) is 4. The molecule has 0 radical (unpaired) electrons. The molecule has 1 heterocycles. The third-order valence-corrected chi connectivity index (χ3v) is 5.89. The number of phenols is 1. The molecule has 0 saturated carbocycles. The van der Waals surface area contributed by atoms with Gasteiger partial charge >= 0.3 is 12.0 Å². The maximum absolute atomic E-state index is 12.6. The summed E-state index contributed by atoms with van der Waals surface area (Å²) in [4.78, 5) is 37.1. The monoisotopic (exact) mass is 566 g/mol. The average Bonchev–Trinajstić information content (AvgIpc) is 2.94. The number of nitrogens with one attached hydrogen (secondary N) is 3. The molecule has 0 aromatic heterocycles. The lowest BCUT2D eigenvalue weighted by Crippen LogP contribution is -2.45. The lowest BCUT2D eigenvalue weighted by Gasteiger charge is -2.28. The first-order chi connectivity index (χ1) is 19.7. The fraction of sp³-hybridized carbons (Fsp3) is 0.310. The second kappa shape index (κ2) is 14.4. The van der Waals surface area contributed by atoms with E-state index >= 15 is 0 Å². The van der Waals surface area contributed by atoms with Crippen LogP contribution in [0.2, 0.25) is 0 Å². The third-order valence-electron chi connectivity index (χ3n) is 5.89. The number of hydrazone groups is 1. The van der Waals surface area contributed by atoms with E-state index in [2.05, 4.69) is 27.7 Å². The van der Waals surface area contributed by atoms with Crippen LogP contribution in [-0.4, -0.2) is 56.2 Å². The van der Waals surface area contributed by atoms with Crippen molar-refractivity contribution in [3.63, 3.8) is 0 Å². The van der Waals surface area contributed by atoms with Gasteiger partial charge in [-0.3, -0.25) is 4.79 Å². The number of aromatic hydroxyl groups is 1. The average molecular weight is 567 g/mol. The van der Waals surface area contributed by atoms with Crippen molar-refractivity contribution >= 4 is 24.1 Å². The van der Waals surface area contributed by atoms with Gasteiger partial charge in [0.15, 0.2) is 29.6 Å². The molecule has 3 rings (SSSR count). The third kappa shape index (κ3) is 7.78. The van der Waals surface area contributed by atoms with Gasteiger partial charge in [0.25, 0.3) is 5.91 Å². The van der Waals surface area contributed by atoms with Crippen molar-refractivity contribution in [1.29, 1.82) is 0 Å². The van der Waals surface area contributed by atoms with Gasteiger partial charge in [0.05, 0.1) is 38.2 Å². The van der Waals surface area contributed by atoms with Gasteiger partial charge in [-0.15, -0.1) is 6.58 Å². The minimum atomic E-state index is -0.779. The lowest BCUT2D eigenvalue weighted by atomic mass is 9.95. The predicted octanol–water partition coefficient (Wildman–Crippen LogP) is 3.25. The molecule has 0 aliphatic carbocycles. The Kier molecular flexibility index (Phi) is 10.7. The smallest absolute Gasteiger partial charge is 0.338 e. The topological polar surface area (TPSA) is 157 Å². The van der Waals surface area contributed by atoms with Gasteiger partial charge in [0, 0.05) is 11.3 Å². The zero-order valence-corrected chi connectivity index (χ0v) is 23.4. The molecule has 0 bridgehead atoms. The maximum atomic E-state index is 12.6. The molecule has 12 nitrogen and oxygen atoms in total. The normalized spacial score (nSPS) is 14.6. The molecule has 218 valence electrons. The second-order valence-corrected chi connectivity index (χ2v) is 8.74. The first-order valence-electron chi connectivity index (χ1n) is 12.9. The summed E-state index contributed by atoms with van der Waals surface area (Å²) in [6, 6.07) is 6.91. The summed E-state index contributed by atoms with van der Waals surface area (Å²) in [5, 5.41) is 19.6. The van der Waals surface area contributed by atoms with Crippen molar-refractivity contribution in [3.05, 3.63) is 70.9 Å². The van der Waals surface area contributed by atoms with Crippen LogP contribution in [0.1, 0.15) is 43.5 Å². The van der Waals surface area contributed by atoms with E-state index in [1.165, 1.54) is 13.3 Å². The number of carbonyl (C=O) groups is 3. The summed E-state index contributed by atoms with van der Waals surface area (Å²) in [7, 11) is 1.43. The van der Waals surface area contributed by atoms with Crippen molar-refractivity contribution in [2.45, 2.75) is 33.2 Å². The number of allylic oxidation sites excluding steroid dienone is 2. The Balaban J connectivity index is 1.69. The number of nitrogens with zero attached hydrogens (tertiary/aromatic N) is 1. The molecule has 1 aliphatic rings. The molecule has 41 heavy (non-hydrogen) atoms. The zero-order chi connectivity index (χ0) is 29.9. The van der Waals surface area contributed by atoms with Crippen LogP contribution in [0.25, 0.3) is 0 Å². The Hall–Kier alpha value is -5.00. The van der Waals surface area contributed by atoms with Gasteiger partial charge in [-0.05, 0) is 62.6 Å². The molecular weight excluding hydrogens is 532 g/mol. The van der Waals surface area contributed by atoms with E-state index in [9.17, 15) is 19.5 Å². The summed E-state index contributed by atoms with van der Waals surface area (Å²) >= 11 is 0. The van der Waals surface area contributed by atoms with Crippen molar-refractivity contribution in [2.24, 2.45) is 5.10 Å². The lowest BCUT2D eigenvalue weighted by molar-refractivity contribution is -0.139. The van der Waals surface area contributed by atoms with Gasteiger partial charge in [-0.25, -0.2) is 15.0 Å². The van der Waals surface area contributed by atoms with Crippen molar-refractivity contribution in [3.8, 4) is 23.0 Å². The fourth-order valence-corrected chi connectivity index (χ4v) is 4.10. The minimum Gasteiger partial charge on any atom is -0.504 e. The number of methoxy groups -OCH3 is 1. The fourth-order valence-electron chi connectivity index (χ4n) is 4.10. The number of hydrogen-bond acceptors (Lipinski definition) is 9. The number of rotatable bonds is 13. The summed E-state index contributed by atoms with van der Waals surface area (Å²) in [6.07, 6.45) is 3.51. The van der Waals surface area contributed by atoms with Crippen LogP contribution >= 0.6 is 0 Å². The maximum Gasteiger partial charge on any atom is 0.338 e. The quantitative estimate of drug-likeness (QED) is 0.125. The van der Waals surface area contributed by atoms with E-state index in [-0.39, 0.29) is 36.0 Å². The van der Waals surface area contributed by atoms with Gasteiger partial charge in [-0.2, -0.15) is 5.10 Å². The van der Waals surface area contributed by atoms with Gasteiger partial charge in [0.2, 0.25) is 0 Å². The highest BCUT2D eigenvalue weighted by Crippen LogP contribution is 2.35. The van der Waals surface area contributed by atoms with Crippen LogP contribution < -0.4 is 30.3 Å². The number of hydrogen-bond donors (Lipinski definition) is 4. The van der Waals surface area contributed by atoms with Crippen molar-refractivity contribution in [2.75, 3.05) is 26.9 Å². The number of carbonyl (C=O) groups excluding carboxylic acids is 3. The summed E-state index contributed by atoms with van der Waals surface area (Å²) < 4.78 is 21.7. The number of amides is 3. The van der Waals surface area contributed by atoms with Crippen LogP contribution in [0.15, 0.2) is 59.4 Å². The van der Waals surface area contributed by atoms with E-state index in [1.54, 1.807) is 57.2 Å². The predicted molar refractivity (Wildman–Crippen MR) is 151 cm³/mol. The highest BCUT2D eigenvalue weighted by atomic mass is 16.5. The summed E-state index contributed by atoms with van der Waals surface area (Å²) in [5.41, 5.74) is 4.81. The molecule has 3 amide bonds. The second-order valence-electron chi connectivity index (χ2n) is 8.74. The standard InChI is InChI=1S/C29H34N4O8/c1-6-9-20-12-18(13-23(27(20)35)39-7-2)15-30-33-24(34)16-41-21-11-10-19(14-22(21)38-5)26-25(28(36)40-8-3)17(4)31-29(37)32-26/h6,10-15,26,35H,1,7-9,16H2,2-5H3,(H,33,34)(H2,31,32,37)/b30-15-/t26-/m1/s1. The first kappa shape index (κ1) is 30.5. The molecule has 0 saturated heterocycles. The molecule has 2 aromatic rings. The largest absolute Gasteiger partial charge is 0.504 e. The zero-order valence-electron chi connectivity index (χ0n) is 23.4. The molecule has 0 unspecified atom stereocenters. The van der Waals surface area contributed by atoms with E-state index in [4.69, 9.17) is 18.9 Å². The summed E-state index contributed by atoms with van der Waals surface area (Å²) in [5.74, 6) is -0.193. The Labute approximate surface area is 238 Å². The Bertz CT molecular complexity index is 1370. The molecule has 1 atom stereocenters. The Morgan fingerprint density at radius 2 is 1.90 bits per heavy atom. The number of esters is 1. The highest BCUT2D eigenvalue weighted by Gasteiger charge is 2.32. The van der Waals surface area contributed by atoms with Crippen LogP contribution in [0.3, 0.4) is 0 Å². The van der Waals surface area contributed by atoms with E-state index in [0.29, 0.717) is 41.2 Å². The Morgan fingerprint density at radius 1 is 1.12 bits per heavy atom. The number of urea groups is 1. The van der Waals surface area contributed by atoms with E-state index < -0.39 is 23.9 Å². The first-order valence-corrected chi connectivity index (χ1v) is 12.9. The number of phenolic OH excluding ortho intramolecular Hbond substituents is 1. The highest BCUT2D eigenvalue weighted by molar-refractivity contribution is 5.95. The van der Waals surface area contributed by atoms with Crippen LogP contribution in [-0.2, 0) is 20.7 Å². The molecule has 2 aromatic carbocycles. The molecule has 12 heteroatoms. The van der Waals surface area contributed by atoms with E-state index in [0.717, 1.165) is 0 Å². The van der Waals surface area contributed by atoms with Gasteiger partial charge in [-0.1, -0.05) is 12.1 Å². The molecule has 0 fully saturated rings. The summed E-state index contributed by atoms with van der Waals surface area (Å²) in [6.45, 7) is 8.99. The van der Waals surface area contributed by atoms with Crippen LogP contribution in [0, 0.1) is 0 Å². The number of benzene rings is 2. The van der Waals surface area contributed by atoms with Crippen molar-refractivity contribution < 1.29 is 38.4 Å².